The SMILES string of the molecule is CC1=C(C(=O)N[C@H]2CCCC[C@H]2O)C(=O)N2NC(C(F)(F)F)C(c3ccccc3)C2N1. The fourth-order valence-electron chi connectivity index (χ4n) is 4.68. The van der Waals surface area contributed by atoms with Gasteiger partial charge in [0.2, 0.25) is 0 Å². The molecule has 5 atom stereocenters. The van der Waals surface area contributed by atoms with Gasteiger partial charge in [0.05, 0.1) is 18.1 Å². The number of fused-ring (bicyclic) bond motifs is 1. The highest BCUT2D eigenvalue weighted by Gasteiger charge is 2.58. The third-order valence-corrected chi connectivity index (χ3v) is 6.24. The Morgan fingerprint density at radius 2 is 1.87 bits per heavy atom. The summed E-state index contributed by atoms with van der Waals surface area (Å²) in [4.78, 5) is 25.9. The van der Waals surface area contributed by atoms with E-state index in [4.69, 9.17) is 0 Å². The minimum Gasteiger partial charge on any atom is -0.391 e. The summed E-state index contributed by atoms with van der Waals surface area (Å²) in [7, 11) is 0. The number of aliphatic hydroxyl groups excluding tert-OH is 1. The molecule has 31 heavy (non-hydrogen) atoms. The molecule has 1 saturated carbocycles. The molecule has 0 bridgehead atoms. The first-order valence-electron chi connectivity index (χ1n) is 10.4. The molecule has 1 saturated heterocycles. The molecule has 7 nitrogen and oxygen atoms in total. The number of benzene rings is 1. The van der Waals surface area contributed by atoms with Crippen molar-refractivity contribution >= 4 is 11.8 Å². The van der Waals surface area contributed by atoms with Gasteiger partial charge in [-0.2, -0.15) is 13.2 Å². The predicted octanol–water partition coefficient (Wildman–Crippen LogP) is 1.67. The van der Waals surface area contributed by atoms with Gasteiger partial charge in [0, 0.05) is 5.70 Å². The Morgan fingerprint density at radius 1 is 1.19 bits per heavy atom. The summed E-state index contributed by atoms with van der Waals surface area (Å²) in [5, 5.41) is 16.6. The van der Waals surface area contributed by atoms with Gasteiger partial charge in [0.15, 0.2) is 0 Å². The van der Waals surface area contributed by atoms with Gasteiger partial charge in [-0.15, -0.1) is 0 Å². The molecule has 3 aliphatic rings. The number of hydrogen-bond acceptors (Lipinski definition) is 5. The molecule has 2 fully saturated rings. The summed E-state index contributed by atoms with van der Waals surface area (Å²) < 4.78 is 41.5. The first-order valence-corrected chi connectivity index (χ1v) is 10.4. The van der Waals surface area contributed by atoms with Crippen LogP contribution in [0.15, 0.2) is 41.6 Å². The fraction of sp³-hybridized carbons (Fsp3) is 0.524. The van der Waals surface area contributed by atoms with Gasteiger partial charge in [-0.3, -0.25) is 9.59 Å². The summed E-state index contributed by atoms with van der Waals surface area (Å²) >= 11 is 0. The summed E-state index contributed by atoms with van der Waals surface area (Å²) in [5.41, 5.74) is 2.66. The monoisotopic (exact) mass is 438 g/mol. The van der Waals surface area contributed by atoms with Gasteiger partial charge in [-0.1, -0.05) is 43.2 Å². The Morgan fingerprint density at radius 3 is 2.52 bits per heavy atom. The van der Waals surface area contributed by atoms with E-state index in [-0.39, 0.29) is 11.3 Å². The van der Waals surface area contributed by atoms with E-state index in [1.807, 2.05) is 0 Å². The van der Waals surface area contributed by atoms with E-state index in [1.165, 1.54) is 6.92 Å². The first-order chi connectivity index (χ1) is 14.7. The zero-order valence-corrected chi connectivity index (χ0v) is 16.9. The maximum atomic E-state index is 13.8. The molecule has 2 aliphatic heterocycles. The van der Waals surface area contributed by atoms with Gasteiger partial charge in [-0.05, 0) is 25.3 Å². The number of alkyl halides is 3. The Balaban J connectivity index is 1.62. The number of carbonyl (C=O) groups is 2. The Labute approximate surface area is 177 Å². The van der Waals surface area contributed by atoms with Crippen molar-refractivity contribution in [3.63, 3.8) is 0 Å². The molecule has 4 rings (SSSR count). The predicted molar refractivity (Wildman–Crippen MR) is 105 cm³/mol. The van der Waals surface area contributed by atoms with Crippen LogP contribution >= 0.6 is 0 Å². The van der Waals surface area contributed by atoms with Crippen LogP contribution in [0.25, 0.3) is 0 Å². The second-order valence-corrected chi connectivity index (χ2v) is 8.28. The molecule has 2 amide bonds. The van der Waals surface area contributed by atoms with Crippen LogP contribution < -0.4 is 16.1 Å². The van der Waals surface area contributed by atoms with E-state index in [2.05, 4.69) is 16.1 Å². The van der Waals surface area contributed by atoms with Gasteiger partial charge >= 0.3 is 6.18 Å². The molecule has 0 aromatic heterocycles. The van der Waals surface area contributed by atoms with Crippen molar-refractivity contribution in [2.24, 2.45) is 0 Å². The highest BCUT2D eigenvalue weighted by Crippen LogP contribution is 2.41. The average molecular weight is 438 g/mol. The number of nitrogens with one attached hydrogen (secondary N) is 3. The molecule has 3 unspecified atom stereocenters. The first kappa shape index (κ1) is 21.6. The molecule has 1 aromatic carbocycles. The van der Waals surface area contributed by atoms with Crippen molar-refractivity contribution in [2.45, 2.75) is 69.1 Å². The molecule has 2 heterocycles. The van der Waals surface area contributed by atoms with Crippen LogP contribution in [-0.2, 0) is 9.59 Å². The lowest BCUT2D eigenvalue weighted by molar-refractivity contribution is -0.161. The van der Waals surface area contributed by atoms with Crippen LogP contribution in [0.1, 0.15) is 44.1 Å². The molecule has 1 aliphatic carbocycles. The summed E-state index contributed by atoms with van der Waals surface area (Å²) in [5.74, 6) is -2.62. The van der Waals surface area contributed by atoms with Crippen LogP contribution in [0, 0.1) is 0 Å². The number of nitrogens with zero attached hydrogens (tertiary/aromatic N) is 1. The quantitative estimate of drug-likeness (QED) is 0.539. The van der Waals surface area contributed by atoms with Crippen molar-refractivity contribution in [1.29, 1.82) is 0 Å². The van der Waals surface area contributed by atoms with Gasteiger partial charge in [0.1, 0.15) is 17.8 Å². The number of carbonyl (C=O) groups excluding carboxylic acids is 2. The van der Waals surface area contributed by atoms with Gasteiger partial charge in [-0.25, -0.2) is 10.4 Å². The molecular formula is C21H25F3N4O3. The molecule has 4 N–H and O–H groups in total. The van der Waals surface area contributed by atoms with E-state index in [9.17, 15) is 27.9 Å². The van der Waals surface area contributed by atoms with Crippen molar-refractivity contribution in [3.8, 4) is 0 Å². The highest BCUT2D eigenvalue weighted by atomic mass is 19.4. The summed E-state index contributed by atoms with van der Waals surface area (Å²) in [6.07, 6.45) is -3.49. The van der Waals surface area contributed by atoms with E-state index in [1.54, 1.807) is 30.3 Å². The maximum absolute atomic E-state index is 13.8. The second kappa shape index (κ2) is 8.16. The molecule has 0 spiro atoms. The third kappa shape index (κ3) is 4.01. The normalized spacial score (nSPS) is 31.3. The molecule has 0 radical (unpaired) electrons. The number of amides is 2. The zero-order chi connectivity index (χ0) is 22.3. The molecule has 1 aromatic rings. The number of hydrogen-bond donors (Lipinski definition) is 4. The number of hydrazine groups is 1. The Kier molecular flexibility index (Phi) is 5.69. The molecule has 10 heteroatoms. The van der Waals surface area contributed by atoms with Crippen LogP contribution in [-0.4, -0.2) is 52.5 Å². The van der Waals surface area contributed by atoms with E-state index in [0.29, 0.717) is 18.4 Å². The van der Waals surface area contributed by atoms with Crippen LogP contribution in [0.5, 0.6) is 0 Å². The maximum Gasteiger partial charge on any atom is 0.406 e. The minimum absolute atomic E-state index is 0.208. The lowest BCUT2D eigenvalue weighted by atomic mass is 9.89. The largest absolute Gasteiger partial charge is 0.406 e. The van der Waals surface area contributed by atoms with Crippen LogP contribution in [0.2, 0.25) is 0 Å². The average Bonchev–Trinajstić information content (AvgIpc) is 3.10. The smallest absolute Gasteiger partial charge is 0.391 e. The fourth-order valence-corrected chi connectivity index (χ4v) is 4.68. The van der Waals surface area contributed by atoms with Crippen molar-refractivity contribution in [3.05, 3.63) is 47.2 Å². The van der Waals surface area contributed by atoms with Crippen LogP contribution in [0.3, 0.4) is 0 Å². The van der Waals surface area contributed by atoms with E-state index < -0.39 is 48.3 Å². The summed E-state index contributed by atoms with van der Waals surface area (Å²) in [6.45, 7) is 1.50. The highest BCUT2D eigenvalue weighted by molar-refractivity contribution is 6.19. The third-order valence-electron chi connectivity index (χ3n) is 6.24. The van der Waals surface area contributed by atoms with Gasteiger partial charge < -0.3 is 15.7 Å². The standard InChI is InChI=1S/C21H25F3N4O3/c1-11-15(19(30)26-13-9-5-6-10-14(13)29)20(31)28-18(25-11)16(12-7-3-2-4-8-12)17(27-28)21(22,23)24/h2-4,7-8,13-14,16-18,25,27,29H,5-6,9-10H2,1H3,(H,26,30)/t13-,14+,16?,17?,18?/m0/s1. The molecular weight excluding hydrogens is 413 g/mol. The number of rotatable bonds is 3. The Hall–Kier alpha value is -2.59. The second-order valence-electron chi connectivity index (χ2n) is 8.28. The topological polar surface area (TPSA) is 93.7 Å². The van der Waals surface area contributed by atoms with Crippen molar-refractivity contribution < 1.29 is 27.9 Å². The zero-order valence-electron chi connectivity index (χ0n) is 16.9. The number of allylic oxidation sites excluding steroid dienone is 1. The lowest BCUT2D eigenvalue weighted by Gasteiger charge is -2.35. The Bertz CT molecular complexity index is 890. The van der Waals surface area contributed by atoms with E-state index in [0.717, 1.165) is 17.9 Å². The van der Waals surface area contributed by atoms with E-state index >= 15 is 0 Å². The summed E-state index contributed by atoms with van der Waals surface area (Å²) in [6, 6.07) is 5.70. The lowest BCUT2D eigenvalue weighted by Crippen LogP contribution is -2.57. The van der Waals surface area contributed by atoms with Crippen LogP contribution in [0.4, 0.5) is 13.2 Å². The number of halogens is 3. The molecule has 168 valence electrons. The van der Waals surface area contributed by atoms with Gasteiger partial charge in [0.25, 0.3) is 11.8 Å². The minimum atomic E-state index is -4.61. The van der Waals surface area contributed by atoms with Crippen molar-refractivity contribution in [2.75, 3.05) is 0 Å². The number of aliphatic hydroxyl groups is 1. The van der Waals surface area contributed by atoms with Crippen molar-refractivity contribution in [1.82, 2.24) is 21.1 Å².